The molecule has 0 aliphatic rings. The molecule has 0 aliphatic heterocycles. The lowest BCUT2D eigenvalue weighted by atomic mass is 10.2. The molecule has 0 saturated heterocycles. The number of rotatable bonds is 6. The van der Waals surface area contributed by atoms with Crippen LogP contribution in [-0.4, -0.2) is 40.4 Å². The van der Waals surface area contributed by atoms with Crippen molar-refractivity contribution in [1.29, 1.82) is 0 Å². The van der Waals surface area contributed by atoms with E-state index in [1.807, 2.05) is 39.6 Å². The van der Waals surface area contributed by atoms with E-state index in [1.165, 1.54) is 6.07 Å². The topological polar surface area (TPSA) is 85.8 Å². The molecule has 1 N–H and O–H groups in total. The highest BCUT2D eigenvalue weighted by molar-refractivity contribution is 5.85. The van der Waals surface area contributed by atoms with E-state index >= 15 is 0 Å². The average molecular weight is 416 g/mol. The highest BCUT2D eigenvalue weighted by Crippen LogP contribution is 2.26. The molecule has 5 aromatic rings. The lowest BCUT2D eigenvalue weighted by Gasteiger charge is -2.11. The van der Waals surface area contributed by atoms with Crippen LogP contribution in [0.5, 0.6) is 0 Å². The first-order chi connectivity index (χ1) is 15.1. The van der Waals surface area contributed by atoms with Gasteiger partial charge >= 0.3 is 0 Å². The fourth-order valence-corrected chi connectivity index (χ4v) is 3.50. The molecule has 9 heteroatoms. The maximum Gasteiger partial charge on any atom is 0.166 e. The molecular weight excluding hydrogens is 395 g/mol. The summed E-state index contributed by atoms with van der Waals surface area (Å²) in [5, 5.41) is 3.37. The zero-order chi connectivity index (χ0) is 21.4. The van der Waals surface area contributed by atoms with Gasteiger partial charge in [0.1, 0.15) is 17.0 Å². The Morgan fingerprint density at radius 1 is 1.13 bits per heavy atom. The Bertz CT molecular complexity index is 1340. The number of imidazole rings is 2. The number of anilines is 1. The minimum absolute atomic E-state index is 0.171. The summed E-state index contributed by atoms with van der Waals surface area (Å²) >= 11 is 0. The summed E-state index contributed by atoms with van der Waals surface area (Å²) in [5.74, 6) is 0.574. The van der Waals surface area contributed by atoms with E-state index in [0.29, 0.717) is 34.9 Å². The molecule has 0 atom stereocenters. The lowest BCUT2D eigenvalue weighted by molar-refractivity contribution is 0.612. The molecule has 31 heavy (non-hydrogen) atoms. The van der Waals surface area contributed by atoms with E-state index < -0.39 is 5.82 Å². The number of halogens is 1. The number of aromatic nitrogens is 7. The molecule has 0 radical (unpaired) electrons. The summed E-state index contributed by atoms with van der Waals surface area (Å²) in [4.78, 5) is 22.4. The van der Waals surface area contributed by atoms with Gasteiger partial charge in [-0.15, -0.1) is 0 Å². The van der Waals surface area contributed by atoms with Crippen LogP contribution in [0.2, 0.25) is 0 Å². The molecule has 0 aromatic carbocycles. The van der Waals surface area contributed by atoms with Crippen LogP contribution in [-0.2, 0) is 6.42 Å². The number of fused-ring (bicyclic) bond motifs is 2. The largest absolute Gasteiger partial charge is 0.368 e. The Balaban J connectivity index is 1.47. The Kier molecular flexibility index (Phi) is 4.78. The summed E-state index contributed by atoms with van der Waals surface area (Å²) < 4.78 is 17.7. The highest BCUT2D eigenvalue weighted by Gasteiger charge is 2.16. The van der Waals surface area contributed by atoms with Crippen molar-refractivity contribution >= 4 is 22.6 Å². The Morgan fingerprint density at radius 3 is 2.84 bits per heavy atom. The first-order valence-electron chi connectivity index (χ1n) is 10.1. The fourth-order valence-electron chi connectivity index (χ4n) is 3.50. The van der Waals surface area contributed by atoms with Gasteiger partial charge in [0.05, 0.1) is 18.2 Å². The van der Waals surface area contributed by atoms with E-state index in [2.05, 4.69) is 44.1 Å². The van der Waals surface area contributed by atoms with Crippen molar-refractivity contribution in [1.82, 2.24) is 33.9 Å². The summed E-state index contributed by atoms with van der Waals surface area (Å²) in [5.41, 5.74) is 3.78. The van der Waals surface area contributed by atoms with Crippen LogP contribution in [0.15, 0.2) is 55.4 Å². The van der Waals surface area contributed by atoms with Crippen molar-refractivity contribution in [2.45, 2.75) is 26.3 Å². The van der Waals surface area contributed by atoms with Gasteiger partial charge in [-0.1, -0.05) is 6.07 Å². The predicted molar refractivity (Wildman–Crippen MR) is 116 cm³/mol. The molecule has 0 amide bonds. The number of hydrogen-bond donors (Lipinski definition) is 1. The number of hydrogen-bond acceptors (Lipinski definition) is 6. The third-order valence-electron chi connectivity index (χ3n) is 5.03. The average Bonchev–Trinajstić information content (AvgIpc) is 3.37. The molecule has 0 saturated carbocycles. The van der Waals surface area contributed by atoms with Crippen LogP contribution in [0.4, 0.5) is 10.2 Å². The lowest BCUT2D eigenvalue weighted by Crippen LogP contribution is -2.09. The van der Waals surface area contributed by atoms with Gasteiger partial charge in [-0.2, -0.15) is 0 Å². The van der Waals surface area contributed by atoms with Crippen LogP contribution < -0.4 is 5.32 Å². The summed E-state index contributed by atoms with van der Waals surface area (Å²) in [6, 6.07) is 7.47. The van der Waals surface area contributed by atoms with Crippen LogP contribution in [0.25, 0.3) is 28.2 Å². The quantitative estimate of drug-likeness (QED) is 0.452. The Hall–Kier alpha value is -3.88. The zero-order valence-corrected chi connectivity index (χ0v) is 17.2. The molecule has 0 unspecified atom stereocenters. The molecule has 5 rings (SSSR count). The van der Waals surface area contributed by atoms with Crippen molar-refractivity contribution in [2.75, 3.05) is 11.9 Å². The normalized spacial score (nSPS) is 11.6. The monoisotopic (exact) mass is 416 g/mol. The van der Waals surface area contributed by atoms with Crippen LogP contribution in [0, 0.1) is 5.82 Å². The van der Waals surface area contributed by atoms with Gasteiger partial charge in [0.25, 0.3) is 0 Å². The molecule has 0 spiro atoms. The van der Waals surface area contributed by atoms with Gasteiger partial charge < -0.3 is 14.3 Å². The first-order valence-corrected chi connectivity index (χ1v) is 10.1. The first kappa shape index (κ1) is 19.1. The Morgan fingerprint density at radius 2 is 2.03 bits per heavy atom. The Labute approximate surface area is 177 Å². The molecule has 5 heterocycles. The smallest absolute Gasteiger partial charge is 0.166 e. The molecule has 5 aromatic heterocycles. The minimum atomic E-state index is -0.431. The van der Waals surface area contributed by atoms with E-state index in [9.17, 15) is 4.39 Å². The maximum absolute atomic E-state index is 13.7. The fraction of sp³-hybridized carbons (Fsp3) is 0.227. The predicted octanol–water partition coefficient (Wildman–Crippen LogP) is 3.91. The number of pyridine rings is 2. The van der Waals surface area contributed by atoms with E-state index in [-0.39, 0.29) is 6.04 Å². The van der Waals surface area contributed by atoms with Crippen molar-refractivity contribution in [3.63, 3.8) is 0 Å². The second-order valence-corrected chi connectivity index (χ2v) is 7.58. The van der Waals surface area contributed by atoms with Crippen LogP contribution >= 0.6 is 0 Å². The van der Waals surface area contributed by atoms with E-state index in [0.717, 1.165) is 24.0 Å². The molecule has 0 bridgehead atoms. The second-order valence-electron chi connectivity index (χ2n) is 7.58. The third kappa shape index (κ3) is 3.70. The summed E-state index contributed by atoms with van der Waals surface area (Å²) in [6.07, 6.45) is 9.18. The zero-order valence-electron chi connectivity index (χ0n) is 17.2. The second kappa shape index (κ2) is 7.75. The van der Waals surface area contributed by atoms with Crippen molar-refractivity contribution in [3.8, 4) is 11.4 Å². The van der Waals surface area contributed by atoms with Gasteiger partial charge in [-0.3, -0.25) is 4.98 Å². The standard InChI is InChI=1S/C22H21FN8/c1-14(2)31-13-26-19-21(25-7-6-17-12-30-8-4-3-5-18(30)27-17)28-20(29-22(19)31)15-9-16(23)11-24-10-15/h3-5,8-14H,6-7H2,1-2H3,(H,25,28,29). The molecule has 8 nitrogen and oxygen atoms in total. The molecule has 156 valence electrons. The number of nitrogens with one attached hydrogen (secondary N) is 1. The van der Waals surface area contributed by atoms with Gasteiger partial charge in [0.2, 0.25) is 0 Å². The van der Waals surface area contributed by atoms with Crippen molar-refractivity contribution in [2.24, 2.45) is 0 Å². The van der Waals surface area contributed by atoms with Crippen molar-refractivity contribution in [3.05, 3.63) is 66.9 Å². The van der Waals surface area contributed by atoms with Gasteiger partial charge in [-0.25, -0.2) is 24.3 Å². The maximum atomic E-state index is 13.7. The van der Waals surface area contributed by atoms with Gasteiger partial charge in [0.15, 0.2) is 17.3 Å². The van der Waals surface area contributed by atoms with Gasteiger partial charge in [-0.05, 0) is 32.0 Å². The minimum Gasteiger partial charge on any atom is -0.368 e. The molecule has 0 aliphatic carbocycles. The highest BCUT2D eigenvalue weighted by atomic mass is 19.1. The SMILES string of the molecule is CC(C)n1cnc2c(NCCc3cn4ccccc4n3)nc(-c3cncc(F)c3)nc21. The third-order valence-corrected chi connectivity index (χ3v) is 5.03. The van der Waals surface area contributed by atoms with Crippen LogP contribution in [0.1, 0.15) is 25.6 Å². The van der Waals surface area contributed by atoms with Gasteiger partial charge in [0, 0.05) is 43.2 Å². The van der Waals surface area contributed by atoms with E-state index in [4.69, 9.17) is 0 Å². The van der Waals surface area contributed by atoms with E-state index in [1.54, 1.807) is 12.5 Å². The van der Waals surface area contributed by atoms with Crippen molar-refractivity contribution < 1.29 is 4.39 Å². The molecule has 0 fully saturated rings. The number of nitrogens with zero attached hydrogens (tertiary/aromatic N) is 7. The summed E-state index contributed by atoms with van der Waals surface area (Å²) in [7, 11) is 0. The summed E-state index contributed by atoms with van der Waals surface area (Å²) in [6.45, 7) is 4.73. The molecular formula is C22H21FN8. The van der Waals surface area contributed by atoms with Crippen LogP contribution in [0.3, 0.4) is 0 Å².